The van der Waals surface area contributed by atoms with Crippen molar-refractivity contribution in [1.29, 1.82) is 0 Å². The van der Waals surface area contributed by atoms with Gasteiger partial charge in [-0.1, -0.05) is 26.0 Å². The molecule has 1 aromatic rings. The van der Waals surface area contributed by atoms with E-state index in [2.05, 4.69) is 16.0 Å². The average Bonchev–Trinajstić information content (AvgIpc) is 3.40. The van der Waals surface area contributed by atoms with E-state index in [1.165, 1.54) is 17.0 Å². The van der Waals surface area contributed by atoms with E-state index in [-0.39, 0.29) is 30.9 Å². The van der Waals surface area contributed by atoms with Crippen molar-refractivity contribution in [1.82, 2.24) is 20.9 Å². The number of carboxylic acid groups (broad SMARTS) is 1. The lowest BCUT2D eigenvalue weighted by Crippen LogP contribution is -2.57. The molecule has 0 aliphatic carbocycles. The van der Waals surface area contributed by atoms with Crippen LogP contribution in [0.4, 0.5) is 0 Å². The number of nitrogens with one attached hydrogen (secondary N) is 3. The minimum Gasteiger partial charge on any atom is -0.508 e. The van der Waals surface area contributed by atoms with Crippen LogP contribution in [-0.2, 0) is 30.4 Å². The lowest BCUT2D eigenvalue weighted by atomic mass is 10.0. The number of aliphatic carboxylic acids is 1. The lowest BCUT2D eigenvalue weighted by Gasteiger charge is -2.30. The van der Waals surface area contributed by atoms with E-state index in [4.69, 9.17) is 16.6 Å². The van der Waals surface area contributed by atoms with Gasteiger partial charge in [-0.2, -0.15) is 0 Å². The van der Waals surface area contributed by atoms with Crippen molar-refractivity contribution in [2.75, 3.05) is 19.6 Å². The van der Waals surface area contributed by atoms with Crippen molar-refractivity contribution in [3.63, 3.8) is 0 Å². The van der Waals surface area contributed by atoms with Gasteiger partial charge < -0.3 is 42.5 Å². The van der Waals surface area contributed by atoms with Crippen molar-refractivity contribution in [3.05, 3.63) is 29.8 Å². The molecule has 9 N–H and O–H groups in total. The van der Waals surface area contributed by atoms with Crippen molar-refractivity contribution >= 4 is 29.6 Å². The standard InChI is InChI=1S/C27H42N6O7/c1-16(2)13-21(25(38)30-15-23(35)36)32-26(39)22-6-4-12-33(22)27(40)20(5-3-11-28)31-24(37)19(29)14-17-7-9-18(34)10-8-17/h7-10,16,19-22,34H,3-6,11-15,28-29H2,1-2H3,(H,30,38)(H,31,37)(H,32,39)(H,35,36)/t19-,20-,21-,22-/m0/s1. The number of carbonyl (C=O) groups is 5. The molecule has 0 aromatic heterocycles. The van der Waals surface area contributed by atoms with E-state index in [0.717, 1.165) is 5.56 Å². The molecule has 4 atom stereocenters. The van der Waals surface area contributed by atoms with E-state index in [9.17, 15) is 29.1 Å². The molecular formula is C27H42N6O7. The maximum Gasteiger partial charge on any atom is 0.322 e. The van der Waals surface area contributed by atoms with Gasteiger partial charge in [0, 0.05) is 6.54 Å². The van der Waals surface area contributed by atoms with Gasteiger partial charge in [-0.15, -0.1) is 0 Å². The molecule has 4 amide bonds. The molecule has 0 unspecified atom stereocenters. The van der Waals surface area contributed by atoms with Gasteiger partial charge >= 0.3 is 5.97 Å². The second-order valence-electron chi connectivity index (χ2n) is 10.5. The minimum absolute atomic E-state index is 0.0313. The first-order valence-electron chi connectivity index (χ1n) is 13.6. The number of hydrogen-bond acceptors (Lipinski definition) is 8. The van der Waals surface area contributed by atoms with Gasteiger partial charge in [-0.3, -0.25) is 24.0 Å². The molecule has 0 radical (unpaired) electrons. The molecule has 0 spiro atoms. The molecule has 1 aromatic carbocycles. The molecule has 0 bridgehead atoms. The summed E-state index contributed by atoms with van der Waals surface area (Å²) in [5.41, 5.74) is 12.5. The zero-order valence-corrected chi connectivity index (χ0v) is 23.1. The fraction of sp³-hybridized carbons (Fsp3) is 0.593. The zero-order chi connectivity index (χ0) is 29.8. The third kappa shape index (κ3) is 10.1. The predicted molar refractivity (Wildman–Crippen MR) is 147 cm³/mol. The first-order chi connectivity index (χ1) is 18.9. The summed E-state index contributed by atoms with van der Waals surface area (Å²) in [4.78, 5) is 64.5. The number of nitrogens with zero attached hydrogens (tertiary/aromatic N) is 1. The molecule has 1 saturated heterocycles. The van der Waals surface area contributed by atoms with Gasteiger partial charge in [0.05, 0.1) is 6.04 Å². The summed E-state index contributed by atoms with van der Waals surface area (Å²) in [5.74, 6) is -3.18. The number of benzene rings is 1. The van der Waals surface area contributed by atoms with Crippen LogP contribution in [0.15, 0.2) is 24.3 Å². The molecule has 1 aliphatic rings. The number of nitrogens with two attached hydrogens (primary N) is 2. The van der Waals surface area contributed by atoms with Crippen molar-refractivity contribution < 1.29 is 34.2 Å². The second-order valence-corrected chi connectivity index (χ2v) is 10.5. The van der Waals surface area contributed by atoms with E-state index in [1.54, 1.807) is 12.1 Å². The SMILES string of the molecule is CC(C)C[C@H](NC(=O)[C@@H]1CCCN1C(=O)[C@H](CCCN)NC(=O)[C@@H](N)Cc1ccc(O)cc1)C(=O)NCC(=O)O. The van der Waals surface area contributed by atoms with E-state index < -0.39 is 60.3 Å². The van der Waals surface area contributed by atoms with Crippen LogP contribution in [0.25, 0.3) is 0 Å². The Kier molecular flexibility index (Phi) is 12.8. The van der Waals surface area contributed by atoms with E-state index in [1.807, 2.05) is 13.8 Å². The predicted octanol–water partition coefficient (Wildman–Crippen LogP) is -0.792. The number of carbonyl (C=O) groups excluding carboxylic acids is 4. The van der Waals surface area contributed by atoms with Crippen LogP contribution in [0.2, 0.25) is 0 Å². The number of likely N-dealkylation sites (tertiary alicyclic amines) is 1. The van der Waals surface area contributed by atoms with Crippen molar-refractivity contribution in [2.24, 2.45) is 17.4 Å². The third-order valence-corrected chi connectivity index (χ3v) is 6.63. The molecule has 222 valence electrons. The quantitative estimate of drug-likeness (QED) is 0.142. The molecular weight excluding hydrogens is 520 g/mol. The van der Waals surface area contributed by atoms with Gasteiger partial charge in [0.1, 0.15) is 30.4 Å². The lowest BCUT2D eigenvalue weighted by molar-refractivity contribution is -0.142. The molecule has 40 heavy (non-hydrogen) atoms. The van der Waals surface area contributed by atoms with Gasteiger partial charge in [0.15, 0.2) is 0 Å². The normalized spacial score (nSPS) is 17.1. The summed E-state index contributed by atoms with van der Waals surface area (Å²) < 4.78 is 0. The molecule has 0 saturated carbocycles. The third-order valence-electron chi connectivity index (χ3n) is 6.63. The molecule has 1 heterocycles. The summed E-state index contributed by atoms with van der Waals surface area (Å²) in [7, 11) is 0. The summed E-state index contributed by atoms with van der Waals surface area (Å²) in [6, 6.07) is 2.59. The minimum atomic E-state index is -1.20. The Morgan fingerprint density at radius 3 is 2.33 bits per heavy atom. The van der Waals surface area contributed by atoms with Crippen LogP contribution in [-0.4, -0.2) is 88.5 Å². The smallest absolute Gasteiger partial charge is 0.322 e. The van der Waals surface area contributed by atoms with Crippen LogP contribution >= 0.6 is 0 Å². The highest BCUT2D eigenvalue weighted by atomic mass is 16.4. The average molecular weight is 563 g/mol. The Balaban J connectivity index is 2.10. The molecule has 2 rings (SSSR count). The number of rotatable bonds is 15. The topological polar surface area (TPSA) is 217 Å². The Morgan fingerprint density at radius 2 is 1.73 bits per heavy atom. The zero-order valence-electron chi connectivity index (χ0n) is 23.1. The fourth-order valence-corrected chi connectivity index (χ4v) is 4.60. The van der Waals surface area contributed by atoms with E-state index >= 15 is 0 Å². The maximum atomic E-state index is 13.6. The monoisotopic (exact) mass is 562 g/mol. The van der Waals surface area contributed by atoms with Crippen molar-refractivity contribution in [3.8, 4) is 5.75 Å². The van der Waals surface area contributed by atoms with Gasteiger partial charge in [-0.05, 0) is 68.7 Å². The first-order valence-corrected chi connectivity index (χ1v) is 13.6. The molecule has 13 heteroatoms. The van der Waals surface area contributed by atoms with Crippen molar-refractivity contribution in [2.45, 2.75) is 76.5 Å². The summed E-state index contributed by atoms with van der Waals surface area (Å²) in [5, 5.41) is 26.0. The number of phenols is 1. The Labute approximate surface area is 234 Å². The molecule has 1 fully saturated rings. The first kappa shape index (κ1) is 32.5. The summed E-state index contributed by atoms with van der Waals surface area (Å²) in [6.07, 6.45) is 2.12. The van der Waals surface area contributed by atoms with Gasteiger partial charge in [0.2, 0.25) is 23.6 Å². The van der Waals surface area contributed by atoms with Crippen LogP contribution in [0.1, 0.15) is 51.5 Å². The number of hydrogen-bond donors (Lipinski definition) is 7. The maximum absolute atomic E-state index is 13.6. The number of phenolic OH excluding ortho intramolecular Hbond substituents is 1. The van der Waals surface area contributed by atoms with Crippen LogP contribution in [0.3, 0.4) is 0 Å². The van der Waals surface area contributed by atoms with Gasteiger partial charge in [0.25, 0.3) is 0 Å². The van der Waals surface area contributed by atoms with Gasteiger partial charge in [-0.25, -0.2) is 0 Å². The summed E-state index contributed by atoms with van der Waals surface area (Å²) >= 11 is 0. The summed E-state index contributed by atoms with van der Waals surface area (Å²) in [6.45, 7) is 3.75. The molecule has 13 nitrogen and oxygen atoms in total. The van der Waals surface area contributed by atoms with E-state index in [0.29, 0.717) is 32.4 Å². The number of aromatic hydroxyl groups is 1. The highest BCUT2D eigenvalue weighted by Gasteiger charge is 2.39. The highest BCUT2D eigenvalue weighted by molar-refractivity contribution is 5.95. The Morgan fingerprint density at radius 1 is 1.05 bits per heavy atom. The molecule has 1 aliphatic heterocycles. The number of carboxylic acids is 1. The van der Waals surface area contributed by atoms with Crippen LogP contribution in [0, 0.1) is 5.92 Å². The Bertz CT molecular complexity index is 1030. The fourth-order valence-electron chi connectivity index (χ4n) is 4.60. The largest absolute Gasteiger partial charge is 0.508 e. The highest BCUT2D eigenvalue weighted by Crippen LogP contribution is 2.21. The van der Waals surface area contributed by atoms with Crippen LogP contribution < -0.4 is 27.4 Å². The van der Waals surface area contributed by atoms with Crippen LogP contribution in [0.5, 0.6) is 5.75 Å². The number of amides is 4. The second kappa shape index (κ2) is 15.8. The Hall–Kier alpha value is -3.71.